The first-order valence-corrected chi connectivity index (χ1v) is 5.54. The molecule has 0 bridgehead atoms. The van der Waals surface area contributed by atoms with Crippen LogP contribution in [0.1, 0.15) is 39.5 Å². The number of ether oxygens (including phenoxy) is 1. The van der Waals surface area contributed by atoms with Crippen molar-refractivity contribution < 1.29 is 9.53 Å². The maximum absolute atomic E-state index is 11.5. The number of allylic oxidation sites excluding steroid dienone is 1. The molecule has 0 heterocycles. The quantitative estimate of drug-likeness (QED) is 0.403. The van der Waals surface area contributed by atoms with Crippen molar-refractivity contribution in [2.75, 3.05) is 0 Å². The lowest BCUT2D eigenvalue weighted by atomic mass is 9.96. The van der Waals surface area contributed by atoms with E-state index in [1.165, 1.54) is 0 Å². The van der Waals surface area contributed by atoms with Crippen molar-refractivity contribution in [2.24, 2.45) is 5.92 Å². The molecule has 2 unspecified atom stereocenters. The first kappa shape index (κ1) is 12.0. The van der Waals surface area contributed by atoms with E-state index in [1.54, 1.807) is 6.92 Å². The molecular formula is C13H20O2. The average Bonchev–Trinajstić information content (AvgIpc) is 2.62. The van der Waals surface area contributed by atoms with E-state index in [1.807, 2.05) is 6.08 Å². The minimum absolute atomic E-state index is 0.262. The Labute approximate surface area is 92.0 Å². The third-order valence-electron chi connectivity index (χ3n) is 3.24. The molecule has 1 fully saturated rings. The molecule has 2 nitrogen and oxygen atoms in total. The Kier molecular flexibility index (Phi) is 3.72. The SMILES string of the molecule is C=CC1CCC(CC)(OC(=O)C(=C)C)C1. The van der Waals surface area contributed by atoms with E-state index >= 15 is 0 Å². The first-order valence-electron chi connectivity index (χ1n) is 5.54. The maximum Gasteiger partial charge on any atom is 0.333 e. The van der Waals surface area contributed by atoms with E-state index in [2.05, 4.69) is 20.1 Å². The smallest absolute Gasteiger partial charge is 0.333 e. The lowest BCUT2D eigenvalue weighted by Crippen LogP contribution is -2.31. The highest BCUT2D eigenvalue weighted by atomic mass is 16.6. The topological polar surface area (TPSA) is 26.3 Å². The highest BCUT2D eigenvalue weighted by Crippen LogP contribution is 2.40. The number of hydrogen-bond donors (Lipinski definition) is 0. The van der Waals surface area contributed by atoms with Gasteiger partial charge in [0.15, 0.2) is 0 Å². The fraction of sp³-hybridized carbons (Fsp3) is 0.615. The van der Waals surface area contributed by atoms with Gasteiger partial charge in [-0.1, -0.05) is 19.6 Å². The van der Waals surface area contributed by atoms with Gasteiger partial charge in [0.1, 0.15) is 5.60 Å². The highest BCUT2D eigenvalue weighted by Gasteiger charge is 2.39. The van der Waals surface area contributed by atoms with Gasteiger partial charge in [-0.2, -0.15) is 0 Å². The van der Waals surface area contributed by atoms with Crippen LogP contribution in [0.3, 0.4) is 0 Å². The first-order chi connectivity index (χ1) is 7.03. The molecule has 0 radical (unpaired) electrons. The van der Waals surface area contributed by atoms with Crippen molar-refractivity contribution in [3.05, 3.63) is 24.8 Å². The third kappa shape index (κ3) is 2.71. The van der Waals surface area contributed by atoms with Crippen LogP contribution in [0.25, 0.3) is 0 Å². The van der Waals surface area contributed by atoms with Crippen LogP contribution in [0.4, 0.5) is 0 Å². The van der Waals surface area contributed by atoms with Crippen LogP contribution in [0.15, 0.2) is 24.8 Å². The fourth-order valence-electron chi connectivity index (χ4n) is 2.10. The van der Waals surface area contributed by atoms with Crippen molar-refractivity contribution in [3.8, 4) is 0 Å². The normalized spacial score (nSPS) is 29.9. The van der Waals surface area contributed by atoms with Gasteiger partial charge in [0.05, 0.1) is 0 Å². The summed E-state index contributed by atoms with van der Waals surface area (Å²) in [6, 6.07) is 0. The van der Waals surface area contributed by atoms with Gasteiger partial charge in [0, 0.05) is 5.57 Å². The van der Waals surface area contributed by atoms with Gasteiger partial charge < -0.3 is 4.74 Å². The summed E-state index contributed by atoms with van der Waals surface area (Å²) in [5, 5.41) is 0. The molecule has 1 aliphatic carbocycles. The van der Waals surface area contributed by atoms with Crippen LogP contribution in [0.2, 0.25) is 0 Å². The predicted molar refractivity (Wildman–Crippen MR) is 61.5 cm³/mol. The Bertz CT molecular complexity index is 280. The Balaban J connectivity index is 2.67. The summed E-state index contributed by atoms with van der Waals surface area (Å²) in [4.78, 5) is 11.5. The van der Waals surface area contributed by atoms with Gasteiger partial charge >= 0.3 is 5.97 Å². The minimum atomic E-state index is -0.269. The Morgan fingerprint density at radius 2 is 2.33 bits per heavy atom. The van der Waals surface area contributed by atoms with Crippen LogP contribution >= 0.6 is 0 Å². The molecule has 0 saturated heterocycles. The third-order valence-corrected chi connectivity index (χ3v) is 3.24. The molecule has 0 aromatic carbocycles. The zero-order valence-corrected chi connectivity index (χ0v) is 9.71. The molecule has 2 heteroatoms. The van der Waals surface area contributed by atoms with Crippen molar-refractivity contribution in [3.63, 3.8) is 0 Å². The Morgan fingerprint density at radius 1 is 1.67 bits per heavy atom. The van der Waals surface area contributed by atoms with E-state index in [0.29, 0.717) is 11.5 Å². The van der Waals surface area contributed by atoms with Crippen LogP contribution in [0, 0.1) is 5.92 Å². The van der Waals surface area contributed by atoms with Crippen LogP contribution in [-0.4, -0.2) is 11.6 Å². The molecule has 0 aromatic rings. The molecule has 1 saturated carbocycles. The molecule has 0 amide bonds. The van der Waals surface area contributed by atoms with Gasteiger partial charge in [0.2, 0.25) is 0 Å². The lowest BCUT2D eigenvalue weighted by Gasteiger charge is -2.28. The molecule has 2 atom stereocenters. The summed E-state index contributed by atoms with van der Waals surface area (Å²) < 4.78 is 5.56. The molecule has 0 aliphatic heterocycles. The summed E-state index contributed by atoms with van der Waals surface area (Å²) in [6.45, 7) is 11.2. The summed E-state index contributed by atoms with van der Waals surface area (Å²) in [5.74, 6) is 0.226. The minimum Gasteiger partial charge on any atom is -0.456 e. The van der Waals surface area contributed by atoms with Gasteiger partial charge in [-0.15, -0.1) is 6.58 Å². The number of hydrogen-bond acceptors (Lipinski definition) is 2. The number of rotatable bonds is 4. The van der Waals surface area contributed by atoms with Crippen LogP contribution in [0.5, 0.6) is 0 Å². The van der Waals surface area contributed by atoms with E-state index in [0.717, 1.165) is 25.7 Å². The van der Waals surface area contributed by atoms with Gasteiger partial charge in [-0.3, -0.25) is 0 Å². The van der Waals surface area contributed by atoms with Crippen molar-refractivity contribution >= 4 is 5.97 Å². The molecule has 84 valence electrons. The van der Waals surface area contributed by atoms with Crippen LogP contribution in [-0.2, 0) is 9.53 Å². The highest BCUT2D eigenvalue weighted by molar-refractivity contribution is 5.87. The molecule has 1 aliphatic rings. The molecule has 15 heavy (non-hydrogen) atoms. The summed E-state index contributed by atoms with van der Waals surface area (Å²) in [7, 11) is 0. The van der Waals surface area contributed by atoms with E-state index in [9.17, 15) is 4.79 Å². The molecular weight excluding hydrogens is 188 g/mol. The second-order valence-electron chi connectivity index (χ2n) is 4.44. The zero-order valence-electron chi connectivity index (χ0n) is 9.71. The molecule has 1 rings (SSSR count). The lowest BCUT2D eigenvalue weighted by molar-refractivity contribution is -0.154. The van der Waals surface area contributed by atoms with Gasteiger partial charge in [-0.05, 0) is 38.5 Å². The average molecular weight is 208 g/mol. The van der Waals surface area contributed by atoms with E-state index in [4.69, 9.17) is 4.74 Å². The molecule has 0 aromatic heterocycles. The summed E-state index contributed by atoms with van der Waals surface area (Å²) in [6.07, 6.45) is 5.76. The maximum atomic E-state index is 11.5. The molecule has 0 N–H and O–H groups in total. The van der Waals surface area contributed by atoms with Crippen LogP contribution < -0.4 is 0 Å². The molecule has 0 spiro atoms. The zero-order chi connectivity index (χ0) is 11.5. The van der Waals surface area contributed by atoms with Gasteiger partial charge in [-0.25, -0.2) is 4.79 Å². The van der Waals surface area contributed by atoms with E-state index in [-0.39, 0.29) is 11.6 Å². The number of esters is 1. The second-order valence-corrected chi connectivity index (χ2v) is 4.44. The summed E-state index contributed by atoms with van der Waals surface area (Å²) >= 11 is 0. The fourth-order valence-corrected chi connectivity index (χ4v) is 2.10. The Morgan fingerprint density at radius 3 is 2.73 bits per heavy atom. The van der Waals surface area contributed by atoms with Crippen molar-refractivity contribution in [1.82, 2.24) is 0 Å². The summed E-state index contributed by atoms with van der Waals surface area (Å²) in [5.41, 5.74) is 0.208. The second kappa shape index (κ2) is 4.65. The van der Waals surface area contributed by atoms with E-state index < -0.39 is 0 Å². The standard InChI is InChI=1S/C13H20O2/c1-5-11-7-8-13(6-2,9-11)15-12(14)10(3)4/h5,11H,1,3,6-9H2,2,4H3. The van der Waals surface area contributed by atoms with Gasteiger partial charge in [0.25, 0.3) is 0 Å². The predicted octanol–water partition coefficient (Wildman–Crippen LogP) is 3.24. The van der Waals surface area contributed by atoms with Crippen molar-refractivity contribution in [1.29, 1.82) is 0 Å². The monoisotopic (exact) mass is 208 g/mol. The Hall–Kier alpha value is -1.05. The number of carbonyl (C=O) groups is 1. The van der Waals surface area contributed by atoms with Crippen molar-refractivity contribution in [2.45, 2.75) is 45.1 Å². The number of carbonyl (C=O) groups excluding carboxylic acids is 1. The largest absolute Gasteiger partial charge is 0.456 e.